The topological polar surface area (TPSA) is 66.5 Å². The minimum absolute atomic E-state index is 0.0171. The number of rotatable bonds is 5. The summed E-state index contributed by atoms with van der Waals surface area (Å²) in [5, 5.41) is 2.60. The number of alkyl halides is 3. The van der Waals surface area contributed by atoms with Crippen LogP contribution in [0.2, 0.25) is 5.02 Å². The van der Waals surface area contributed by atoms with Gasteiger partial charge in [0.15, 0.2) is 0 Å². The van der Waals surface area contributed by atoms with Gasteiger partial charge in [0.1, 0.15) is 0 Å². The van der Waals surface area contributed by atoms with E-state index in [1.807, 2.05) is 0 Å². The largest absolute Gasteiger partial charge is 0.416 e. The lowest BCUT2D eigenvalue weighted by Crippen LogP contribution is -2.43. The molecule has 5 nitrogen and oxygen atoms in total. The molecule has 0 bridgehead atoms. The van der Waals surface area contributed by atoms with Gasteiger partial charge in [-0.3, -0.25) is 4.79 Å². The predicted molar refractivity (Wildman–Crippen MR) is 92.1 cm³/mol. The molecule has 146 valence electrons. The summed E-state index contributed by atoms with van der Waals surface area (Å²) in [6, 6.07) is 2.99. The summed E-state index contributed by atoms with van der Waals surface area (Å²) in [5.41, 5.74) is -0.457. The van der Waals surface area contributed by atoms with E-state index in [0.29, 0.717) is 18.4 Å². The Bertz CT molecular complexity index is 760. The van der Waals surface area contributed by atoms with Crippen LogP contribution < -0.4 is 5.32 Å². The average molecular weight is 413 g/mol. The van der Waals surface area contributed by atoms with Gasteiger partial charge in [-0.1, -0.05) is 17.7 Å². The van der Waals surface area contributed by atoms with Crippen molar-refractivity contribution in [3.05, 3.63) is 34.3 Å². The second kappa shape index (κ2) is 8.14. The van der Waals surface area contributed by atoms with Crippen LogP contribution in [0.15, 0.2) is 18.2 Å². The molecule has 10 heteroatoms. The molecule has 0 aromatic heterocycles. The number of carbonyl (C=O) groups is 1. The molecule has 0 atom stereocenters. The molecule has 1 saturated heterocycles. The van der Waals surface area contributed by atoms with E-state index in [4.69, 9.17) is 11.6 Å². The fraction of sp³-hybridized carbons (Fsp3) is 0.562. The second-order valence-electron chi connectivity index (χ2n) is 6.10. The molecular weight excluding hydrogens is 393 g/mol. The molecular formula is C16H20ClF3N2O3S. The van der Waals surface area contributed by atoms with Gasteiger partial charge in [0, 0.05) is 30.6 Å². The molecule has 0 radical (unpaired) electrons. The van der Waals surface area contributed by atoms with Crippen LogP contribution in [-0.4, -0.2) is 37.5 Å². The van der Waals surface area contributed by atoms with Crippen LogP contribution >= 0.6 is 11.6 Å². The van der Waals surface area contributed by atoms with E-state index in [9.17, 15) is 26.4 Å². The number of halogens is 4. The molecule has 1 aliphatic rings. The van der Waals surface area contributed by atoms with Crippen LogP contribution in [-0.2, 0) is 27.5 Å². The molecule has 1 aromatic carbocycles. The molecule has 26 heavy (non-hydrogen) atoms. The van der Waals surface area contributed by atoms with E-state index < -0.39 is 21.8 Å². The first-order chi connectivity index (χ1) is 12.0. The van der Waals surface area contributed by atoms with E-state index in [1.165, 1.54) is 10.4 Å². The molecule has 1 fully saturated rings. The number of sulfonamides is 1. The molecule has 0 saturated carbocycles. The Balaban J connectivity index is 1.90. The monoisotopic (exact) mass is 412 g/mol. The first-order valence-electron chi connectivity index (χ1n) is 8.15. The van der Waals surface area contributed by atoms with Crippen molar-refractivity contribution in [2.45, 2.75) is 32.5 Å². The summed E-state index contributed by atoms with van der Waals surface area (Å²) < 4.78 is 62.9. The first-order valence-corrected chi connectivity index (χ1v) is 10.1. The Hall–Kier alpha value is -1.32. The fourth-order valence-electron chi connectivity index (χ4n) is 2.77. The van der Waals surface area contributed by atoms with Gasteiger partial charge in [0.2, 0.25) is 15.9 Å². The van der Waals surface area contributed by atoms with Gasteiger partial charge in [-0.15, -0.1) is 0 Å². The van der Waals surface area contributed by atoms with Gasteiger partial charge in [-0.05, 0) is 37.5 Å². The second-order valence-corrected chi connectivity index (χ2v) is 8.76. The van der Waals surface area contributed by atoms with E-state index >= 15 is 0 Å². The van der Waals surface area contributed by atoms with E-state index in [2.05, 4.69) is 5.32 Å². The lowest BCUT2D eigenvalue weighted by Gasteiger charge is -2.30. The number of hydrogen-bond acceptors (Lipinski definition) is 3. The number of amides is 1. The summed E-state index contributed by atoms with van der Waals surface area (Å²) in [6.07, 6.45) is -3.66. The Morgan fingerprint density at radius 3 is 2.42 bits per heavy atom. The molecule has 1 N–H and O–H groups in total. The maximum atomic E-state index is 12.6. The van der Waals surface area contributed by atoms with Crippen molar-refractivity contribution in [3.63, 3.8) is 0 Å². The van der Waals surface area contributed by atoms with Crippen molar-refractivity contribution in [1.29, 1.82) is 0 Å². The van der Waals surface area contributed by atoms with E-state index in [1.54, 1.807) is 6.92 Å². The van der Waals surface area contributed by atoms with Crippen molar-refractivity contribution >= 4 is 27.5 Å². The highest BCUT2D eigenvalue weighted by Crippen LogP contribution is 2.32. The predicted octanol–water partition coefficient (Wildman–Crippen LogP) is 3.04. The molecule has 1 heterocycles. The first kappa shape index (κ1) is 21.0. The number of benzene rings is 1. The van der Waals surface area contributed by atoms with Crippen molar-refractivity contribution in [3.8, 4) is 0 Å². The zero-order valence-electron chi connectivity index (χ0n) is 14.1. The lowest BCUT2D eigenvalue weighted by atomic mass is 9.97. The number of hydrogen-bond donors (Lipinski definition) is 1. The highest BCUT2D eigenvalue weighted by molar-refractivity contribution is 7.89. The molecule has 0 spiro atoms. The Morgan fingerprint density at radius 2 is 1.92 bits per heavy atom. The maximum absolute atomic E-state index is 12.6. The standard InChI is InChI=1S/C16H20ClF3N2O3S/c1-2-26(24,25)22-7-5-11(6-8-22)15(23)21-10-12-3-4-13(9-14(12)17)16(18,19)20/h3-4,9,11H,2,5-8,10H2,1H3,(H,21,23). The number of piperidine rings is 1. The molecule has 0 aliphatic carbocycles. The average Bonchev–Trinajstić information content (AvgIpc) is 2.59. The molecule has 1 aliphatic heterocycles. The summed E-state index contributed by atoms with van der Waals surface area (Å²) in [6.45, 7) is 2.16. The minimum atomic E-state index is -4.47. The third kappa shape index (κ3) is 5.11. The van der Waals surface area contributed by atoms with E-state index in [-0.39, 0.29) is 42.2 Å². The smallest absolute Gasteiger partial charge is 0.352 e. The van der Waals surface area contributed by atoms with Crippen LogP contribution in [0.3, 0.4) is 0 Å². The van der Waals surface area contributed by atoms with Crippen molar-refractivity contribution in [1.82, 2.24) is 9.62 Å². The third-order valence-electron chi connectivity index (χ3n) is 4.42. The summed E-state index contributed by atoms with van der Waals surface area (Å²) >= 11 is 5.87. The normalized spacial score (nSPS) is 17.3. The Labute approximate surface area is 155 Å². The number of carbonyl (C=O) groups excluding carboxylic acids is 1. The summed E-state index contributed by atoms with van der Waals surface area (Å²) in [5.74, 6) is -0.558. The van der Waals surface area contributed by atoms with Crippen LogP contribution in [0.5, 0.6) is 0 Å². The maximum Gasteiger partial charge on any atom is 0.416 e. The van der Waals surface area contributed by atoms with Crippen molar-refractivity contribution < 1.29 is 26.4 Å². The molecule has 2 rings (SSSR count). The third-order valence-corrected chi connectivity index (χ3v) is 6.65. The molecule has 1 amide bonds. The summed E-state index contributed by atoms with van der Waals surface area (Å²) in [7, 11) is -3.26. The quantitative estimate of drug-likeness (QED) is 0.808. The van der Waals surface area contributed by atoms with E-state index in [0.717, 1.165) is 12.1 Å². The van der Waals surface area contributed by atoms with Crippen LogP contribution in [0, 0.1) is 5.92 Å². The van der Waals surface area contributed by atoms with Gasteiger partial charge in [-0.25, -0.2) is 12.7 Å². The van der Waals surface area contributed by atoms with Gasteiger partial charge >= 0.3 is 6.18 Å². The Kier molecular flexibility index (Phi) is 6.57. The lowest BCUT2D eigenvalue weighted by molar-refractivity contribution is -0.137. The number of nitrogens with one attached hydrogen (secondary N) is 1. The van der Waals surface area contributed by atoms with Crippen molar-refractivity contribution in [2.24, 2.45) is 5.92 Å². The highest BCUT2D eigenvalue weighted by Gasteiger charge is 2.32. The zero-order chi connectivity index (χ0) is 19.5. The van der Waals surface area contributed by atoms with Crippen LogP contribution in [0.1, 0.15) is 30.9 Å². The van der Waals surface area contributed by atoms with Gasteiger partial charge in [0.05, 0.1) is 11.3 Å². The molecule has 0 unspecified atom stereocenters. The van der Waals surface area contributed by atoms with Crippen LogP contribution in [0.25, 0.3) is 0 Å². The number of nitrogens with zero attached hydrogens (tertiary/aromatic N) is 1. The zero-order valence-corrected chi connectivity index (χ0v) is 15.7. The van der Waals surface area contributed by atoms with Crippen LogP contribution in [0.4, 0.5) is 13.2 Å². The Morgan fingerprint density at radius 1 is 1.31 bits per heavy atom. The molecule has 1 aromatic rings. The fourth-order valence-corrected chi connectivity index (χ4v) is 4.15. The SMILES string of the molecule is CCS(=O)(=O)N1CCC(C(=O)NCc2ccc(C(F)(F)F)cc2Cl)CC1. The van der Waals surface area contributed by atoms with Gasteiger partial charge in [-0.2, -0.15) is 13.2 Å². The summed E-state index contributed by atoms with van der Waals surface area (Å²) in [4.78, 5) is 12.2. The highest BCUT2D eigenvalue weighted by atomic mass is 35.5. The van der Waals surface area contributed by atoms with Crippen molar-refractivity contribution in [2.75, 3.05) is 18.8 Å². The van der Waals surface area contributed by atoms with Gasteiger partial charge < -0.3 is 5.32 Å². The van der Waals surface area contributed by atoms with Gasteiger partial charge in [0.25, 0.3) is 0 Å². The minimum Gasteiger partial charge on any atom is -0.352 e.